The van der Waals surface area contributed by atoms with Gasteiger partial charge in [-0.2, -0.15) is 5.26 Å². The molecule has 1 fully saturated rings. The molecule has 1 aliphatic heterocycles. The summed E-state index contributed by atoms with van der Waals surface area (Å²) in [4.78, 5) is 2.36. The first-order valence-corrected chi connectivity index (χ1v) is 9.41. The van der Waals surface area contributed by atoms with Crippen LogP contribution >= 0.6 is 0 Å². The lowest BCUT2D eigenvalue weighted by atomic mass is 9.99. The first kappa shape index (κ1) is 18.4. The van der Waals surface area contributed by atoms with Crippen LogP contribution in [0.15, 0.2) is 72.8 Å². The van der Waals surface area contributed by atoms with E-state index in [9.17, 15) is 9.65 Å². The largest absolute Gasteiger partial charge is 0.371 e. The topological polar surface area (TPSA) is 36.3 Å². The molecule has 3 nitrogen and oxygen atoms in total. The van der Waals surface area contributed by atoms with Gasteiger partial charge in [-0.25, -0.2) is 4.39 Å². The molecule has 0 spiro atoms. The van der Waals surface area contributed by atoms with Crippen molar-refractivity contribution >= 4 is 0 Å². The maximum Gasteiger partial charge on any atom is 0.123 e. The van der Waals surface area contributed by atoms with Crippen molar-refractivity contribution in [3.8, 4) is 17.2 Å². The molecule has 1 saturated heterocycles. The van der Waals surface area contributed by atoms with Crippen LogP contribution in [0, 0.1) is 17.1 Å². The first-order valence-electron chi connectivity index (χ1n) is 9.41. The van der Waals surface area contributed by atoms with Crippen molar-refractivity contribution in [2.75, 3.05) is 19.7 Å². The van der Waals surface area contributed by atoms with Gasteiger partial charge in [0.1, 0.15) is 5.82 Å². The van der Waals surface area contributed by atoms with Gasteiger partial charge in [-0.15, -0.1) is 0 Å². The van der Waals surface area contributed by atoms with Crippen molar-refractivity contribution in [3.05, 3.63) is 95.3 Å². The van der Waals surface area contributed by atoms with Gasteiger partial charge < -0.3 is 4.74 Å². The minimum atomic E-state index is -0.227. The zero-order chi connectivity index (χ0) is 19.3. The molecule has 4 heteroatoms. The summed E-state index contributed by atoms with van der Waals surface area (Å²) in [6.07, 6.45) is -0.0314. The van der Waals surface area contributed by atoms with Crippen LogP contribution in [0.2, 0.25) is 0 Å². The minimum Gasteiger partial charge on any atom is -0.371 e. The quantitative estimate of drug-likeness (QED) is 0.651. The lowest BCUT2D eigenvalue weighted by Crippen LogP contribution is -2.37. The first-order chi connectivity index (χ1) is 13.7. The van der Waals surface area contributed by atoms with E-state index in [0.29, 0.717) is 12.2 Å². The van der Waals surface area contributed by atoms with Crippen LogP contribution in [-0.4, -0.2) is 24.6 Å². The number of halogens is 1. The van der Waals surface area contributed by atoms with Crippen molar-refractivity contribution in [2.24, 2.45) is 0 Å². The van der Waals surface area contributed by atoms with Crippen LogP contribution < -0.4 is 0 Å². The molecule has 3 aromatic carbocycles. The molecular formula is C24H21FN2O. The Bertz CT molecular complexity index is 977. The monoisotopic (exact) mass is 372 g/mol. The summed E-state index contributed by atoms with van der Waals surface area (Å²) in [5.74, 6) is -0.227. The predicted octanol–water partition coefficient (Wildman–Crippen LogP) is 4.94. The summed E-state index contributed by atoms with van der Waals surface area (Å²) in [5.41, 5.74) is 4.92. The standard InChI is InChI=1S/C24H21FN2O/c25-22-11-9-20(10-12-22)24-17-27(13-14-28-24)16-18-5-7-19(8-6-18)23-4-2-1-3-21(23)15-26/h1-12,24H,13-14,16-17H2/t24-/m1/s1. The van der Waals surface area contributed by atoms with Gasteiger partial charge in [0.15, 0.2) is 0 Å². The Kier molecular flexibility index (Phi) is 5.48. The smallest absolute Gasteiger partial charge is 0.123 e. The maximum absolute atomic E-state index is 13.2. The van der Waals surface area contributed by atoms with Gasteiger partial charge in [0.05, 0.1) is 24.3 Å². The van der Waals surface area contributed by atoms with E-state index in [1.54, 1.807) is 12.1 Å². The Morgan fingerprint density at radius 1 is 1.00 bits per heavy atom. The Labute approximate surface area is 164 Å². The van der Waals surface area contributed by atoms with Crippen molar-refractivity contribution in [1.82, 2.24) is 4.90 Å². The Balaban J connectivity index is 1.44. The van der Waals surface area contributed by atoms with Gasteiger partial charge >= 0.3 is 0 Å². The molecule has 3 aromatic rings. The van der Waals surface area contributed by atoms with Crippen LogP contribution in [0.1, 0.15) is 22.8 Å². The van der Waals surface area contributed by atoms with E-state index in [4.69, 9.17) is 4.74 Å². The molecule has 1 heterocycles. The van der Waals surface area contributed by atoms with E-state index < -0.39 is 0 Å². The number of ether oxygens (including phenoxy) is 1. The van der Waals surface area contributed by atoms with E-state index in [0.717, 1.165) is 36.3 Å². The zero-order valence-corrected chi connectivity index (χ0v) is 15.5. The fourth-order valence-corrected chi connectivity index (χ4v) is 3.61. The molecule has 0 aromatic heterocycles. The molecule has 140 valence electrons. The number of nitrogens with zero attached hydrogens (tertiary/aromatic N) is 2. The summed E-state index contributed by atoms with van der Waals surface area (Å²) in [5, 5.41) is 9.30. The fraction of sp³-hybridized carbons (Fsp3) is 0.208. The predicted molar refractivity (Wildman–Crippen MR) is 107 cm³/mol. The van der Waals surface area contributed by atoms with E-state index >= 15 is 0 Å². The fourth-order valence-electron chi connectivity index (χ4n) is 3.61. The highest BCUT2D eigenvalue weighted by atomic mass is 19.1. The highest BCUT2D eigenvalue weighted by Crippen LogP contribution is 2.26. The highest BCUT2D eigenvalue weighted by Gasteiger charge is 2.22. The lowest BCUT2D eigenvalue weighted by Gasteiger charge is -2.33. The van der Waals surface area contributed by atoms with Crippen LogP contribution in [0.4, 0.5) is 4.39 Å². The SMILES string of the molecule is N#Cc1ccccc1-c1ccc(CN2CCO[C@@H](c3ccc(F)cc3)C2)cc1. The Morgan fingerprint density at radius 2 is 1.75 bits per heavy atom. The molecule has 0 bridgehead atoms. The molecule has 4 rings (SSSR count). The second-order valence-corrected chi connectivity index (χ2v) is 7.00. The van der Waals surface area contributed by atoms with Gasteiger partial charge in [-0.05, 0) is 40.5 Å². The highest BCUT2D eigenvalue weighted by molar-refractivity contribution is 5.70. The average molecular weight is 372 g/mol. The Hall–Kier alpha value is -3.00. The number of morpholine rings is 1. The zero-order valence-electron chi connectivity index (χ0n) is 15.5. The maximum atomic E-state index is 13.2. The molecule has 0 unspecified atom stereocenters. The second kappa shape index (κ2) is 8.35. The van der Waals surface area contributed by atoms with Crippen molar-refractivity contribution in [3.63, 3.8) is 0 Å². The van der Waals surface area contributed by atoms with Gasteiger partial charge in [-0.3, -0.25) is 4.90 Å². The number of rotatable bonds is 4. The molecule has 28 heavy (non-hydrogen) atoms. The third-order valence-electron chi connectivity index (χ3n) is 5.11. The van der Waals surface area contributed by atoms with E-state index in [1.807, 2.05) is 24.3 Å². The summed E-state index contributed by atoms with van der Waals surface area (Å²) >= 11 is 0. The van der Waals surface area contributed by atoms with Gasteiger partial charge in [0, 0.05) is 19.6 Å². The number of nitriles is 1. The molecule has 0 amide bonds. The van der Waals surface area contributed by atoms with E-state index in [-0.39, 0.29) is 11.9 Å². The van der Waals surface area contributed by atoms with Crippen LogP contribution in [0.3, 0.4) is 0 Å². The van der Waals surface area contributed by atoms with Crippen molar-refractivity contribution < 1.29 is 9.13 Å². The summed E-state index contributed by atoms with van der Waals surface area (Å²) < 4.78 is 19.0. The summed E-state index contributed by atoms with van der Waals surface area (Å²) in [7, 11) is 0. The van der Waals surface area contributed by atoms with Gasteiger partial charge in [-0.1, -0.05) is 54.6 Å². The van der Waals surface area contributed by atoms with E-state index in [1.165, 1.54) is 17.7 Å². The molecule has 1 aliphatic rings. The van der Waals surface area contributed by atoms with Gasteiger partial charge in [0.25, 0.3) is 0 Å². The minimum absolute atomic E-state index is 0.0314. The molecular weight excluding hydrogens is 351 g/mol. The average Bonchev–Trinajstić information content (AvgIpc) is 2.75. The van der Waals surface area contributed by atoms with Crippen LogP contribution in [0.25, 0.3) is 11.1 Å². The normalized spacial score (nSPS) is 17.2. The lowest BCUT2D eigenvalue weighted by molar-refractivity contribution is -0.0329. The van der Waals surface area contributed by atoms with Gasteiger partial charge in [0.2, 0.25) is 0 Å². The molecule has 0 N–H and O–H groups in total. The number of hydrogen-bond acceptors (Lipinski definition) is 3. The van der Waals surface area contributed by atoms with Crippen LogP contribution in [-0.2, 0) is 11.3 Å². The number of hydrogen-bond donors (Lipinski definition) is 0. The Morgan fingerprint density at radius 3 is 2.50 bits per heavy atom. The third kappa shape index (κ3) is 4.12. The summed E-state index contributed by atoms with van der Waals surface area (Å²) in [6, 6.07) is 24.8. The van der Waals surface area contributed by atoms with Crippen LogP contribution in [0.5, 0.6) is 0 Å². The third-order valence-corrected chi connectivity index (χ3v) is 5.11. The molecule has 0 saturated carbocycles. The van der Waals surface area contributed by atoms with E-state index in [2.05, 4.69) is 35.2 Å². The molecule has 0 radical (unpaired) electrons. The summed E-state index contributed by atoms with van der Waals surface area (Å²) in [6.45, 7) is 3.15. The number of benzene rings is 3. The van der Waals surface area contributed by atoms with Crippen molar-refractivity contribution in [1.29, 1.82) is 5.26 Å². The molecule has 1 atom stereocenters. The van der Waals surface area contributed by atoms with Crippen molar-refractivity contribution in [2.45, 2.75) is 12.6 Å². The molecule has 0 aliphatic carbocycles. The second-order valence-electron chi connectivity index (χ2n) is 7.00.